The van der Waals surface area contributed by atoms with Gasteiger partial charge in [0.2, 0.25) is 47.3 Å². The molecule has 2 aromatic rings. The van der Waals surface area contributed by atoms with E-state index in [1.165, 1.54) is 20.0 Å². The van der Waals surface area contributed by atoms with Crippen molar-refractivity contribution in [3.05, 3.63) is 36.0 Å². The first-order valence-corrected chi connectivity index (χ1v) is 23.5. The third-order valence-electron chi connectivity index (χ3n) is 11.4. The van der Waals surface area contributed by atoms with E-state index < -0.39 is 171 Å². The van der Waals surface area contributed by atoms with E-state index >= 15 is 0 Å². The van der Waals surface area contributed by atoms with Crippen LogP contribution in [-0.4, -0.2) is 176 Å². The van der Waals surface area contributed by atoms with Gasteiger partial charge in [-0.3, -0.25) is 57.7 Å². The average Bonchev–Trinajstić information content (AvgIpc) is 3.75. The molecule has 8 amide bonds. The van der Waals surface area contributed by atoms with Gasteiger partial charge in [0.1, 0.15) is 42.3 Å². The lowest BCUT2D eigenvalue weighted by Gasteiger charge is -2.29. The number of H-pyrrole nitrogens is 1. The Morgan fingerprint density at radius 3 is 1.73 bits per heavy atom. The molecule has 30 nitrogen and oxygen atoms in total. The van der Waals surface area contributed by atoms with E-state index in [-0.39, 0.29) is 38.2 Å². The molecule has 0 unspecified atom stereocenters. The number of nitrogens with zero attached hydrogens (tertiary/aromatic N) is 1. The number of rotatable bonds is 34. The maximum absolute atomic E-state index is 14.5. The van der Waals surface area contributed by atoms with Crippen molar-refractivity contribution in [1.29, 1.82) is 0 Å². The predicted octanol–water partition coefficient (Wildman–Crippen LogP) is -5.05. The molecule has 1 aromatic carbocycles. The normalized spacial score (nSPS) is 14.5. The Morgan fingerprint density at radius 1 is 0.627 bits per heavy atom. The van der Waals surface area contributed by atoms with Gasteiger partial charge < -0.3 is 90.3 Å². The van der Waals surface area contributed by atoms with E-state index in [1.54, 1.807) is 31.2 Å². The fourth-order valence-electron chi connectivity index (χ4n) is 7.14. The zero-order valence-electron chi connectivity index (χ0n) is 41.4. The summed E-state index contributed by atoms with van der Waals surface area (Å²) in [5.74, 6) is -15.4. The molecule has 0 fully saturated rings. The van der Waals surface area contributed by atoms with E-state index in [2.05, 4.69) is 52.5 Å². The smallest absolute Gasteiger partial charge is 0.326 e. The van der Waals surface area contributed by atoms with Crippen LogP contribution in [0.3, 0.4) is 0 Å². The SMILES string of the molecule is CC[C@H](C)[C@H](NC(=O)[C@H](Cc1c[nH]c2ccccc12)NC(=O)[C@H](CC(=O)O)NC(=O)[C@H](CCCN=C(N)N)NC(=O)[C@@H](NC(=O)CN)[C@@H](C)O)C(=O)N[C@@H](CCC(=O)O)C(=O)NCC(=O)N[C@@H](CCC(=O)O)C(=O)O. The molecule has 0 spiro atoms. The van der Waals surface area contributed by atoms with Crippen molar-refractivity contribution < 1.29 is 83.1 Å². The lowest BCUT2D eigenvalue weighted by Crippen LogP contribution is -2.61. The topological polar surface area (TPSA) is 508 Å². The third kappa shape index (κ3) is 22.1. The van der Waals surface area contributed by atoms with E-state index in [9.17, 15) is 78.0 Å². The second-order valence-electron chi connectivity index (χ2n) is 17.3. The van der Waals surface area contributed by atoms with Gasteiger partial charge in [0.25, 0.3) is 0 Å². The summed E-state index contributed by atoms with van der Waals surface area (Å²) in [5.41, 5.74) is 17.2. The Bertz CT molecular complexity index is 2410. The minimum Gasteiger partial charge on any atom is -0.481 e. The number of aliphatic hydroxyl groups is 1. The minimum atomic E-state index is -1.96. The van der Waals surface area contributed by atoms with Crippen LogP contribution in [0.2, 0.25) is 0 Å². The molecule has 9 atom stereocenters. The number of aromatic nitrogens is 1. The van der Waals surface area contributed by atoms with Gasteiger partial charge in [-0.15, -0.1) is 0 Å². The Kier molecular flexibility index (Phi) is 26.1. The summed E-state index contributed by atoms with van der Waals surface area (Å²) in [4.78, 5) is 161. The molecule has 1 aromatic heterocycles. The number of hydrogen-bond acceptors (Lipinski definition) is 15. The number of nitrogens with two attached hydrogens (primary N) is 3. The van der Waals surface area contributed by atoms with Gasteiger partial charge in [-0.25, -0.2) is 4.79 Å². The van der Waals surface area contributed by atoms with Gasteiger partial charge in [-0.1, -0.05) is 38.5 Å². The molecule has 0 aliphatic carbocycles. The summed E-state index contributed by atoms with van der Waals surface area (Å²) < 4.78 is 0. The van der Waals surface area contributed by atoms with Gasteiger partial charge >= 0.3 is 23.9 Å². The highest BCUT2D eigenvalue weighted by molar-refractivity contribution is 5.99. The number of benzene rings is 1. The van der Waals surface area contributed by atoms with Gasteiger partial charge in [0.05, 0.1) is 25.6 Å². The number of carbonyl (C=O) groups excluding carboxylic acids is 8. The molecular formula is C45H67N13O17. The minimum absolute atomic E-state index is 0.0209. The van der Waals surface area contributed by atoms with Crippen LogP contribution in [0.25, 0.3) is 10.9 Å². The summed E-state index contributed by atoms with van der Waals surface area (Å²) in [5, 5.41) is 66.9. The van der Waals surface area contributed by atoms with Crippen molar-refractivity contribution in [1.82, 2.24) is 47.5 Å². The zero-order valence-corrected chi connectivity index (χ0v) is 41.4. The van der Waals surface area contributed by atoms with Crippen LogP contribution in [0.15, 0.2) is 35.5 Å². The highest BCUT2D eigenvalue weighted by atomic mass is 16.4. The highest BCUT2D eigenvalue weighted by Gasteiger charge is 2.36. The van der Waals surface area contributed by atoms with Crippen molar-refractivity contribution in [2.45, 2.75) is 127 Å². The molecule has 414 valence electrons. The number of fused-ring (bicyclic) bond motifs is 1. The molecule has 2 rings (SSSR count). The second kappa shape index (κ2) is 31.2. The molecule has 1 heterocycles. The molecule has 20 N–H and O–H groups in total. The second-order valence-corrected chi connectivity index (χ2v) is 17.3. The number of guanidine groups is 1. The molecule has 0 aliphatic heterocycles. The van der Waals surface area contributed by atoms with E-state index in [0.717, 1.165) is 0 Å². The van der Waals surface area contributed by atoms with Crippen LogP contribution in [0.4, 0.5) is 0 Å². The average molecular weight is 1060 g/mol. The molecule has 0 bridgehead atoms. The van der Waals surface area contributed by atoms with Gasteiger partial charge in [0.15, 0.2) is 5.96 Å². The Labute approximate surface area is 428 Å². The predicted molar refractivity (Wildman–Crippen MR) is 262 cm³/mol. The van der Waals surface area contributed by atoms with Gasteiger partial charge in [-0.2, -0.15) is 0 Å². The van der Waals surface area contributed by atoms with Crippen LogP contribution in [-0.2, 0) is 64.0 Å². The highest BCUT2D eigenvalue weighted by Crippen LogP contribution is 2.20. The Hall–Kier alpha value is -8.41. The molecule has 30 heteroatoms. The standard InChI is InChI=1S/C45H67N13O17/c1-4-21(2)36(42(72)54-27(11-13-33(62)63)38(68)51-20-32(61)52-28(44(74)75)12-14-34(64)65)58-41(71)29(16-23-19-50-25-9-6-5-8-24(23)25)55-40(70)30(17-35(66)67)56-39(69)26(10-7-15-49-45(47)48)53-43(73)37(22(3)59)57-31(60)18-46/h5-6,8-9,19,21-22,26-30,36-37,50,59H,4,7,10-18,20,46H2,1-3H3,(H,51,68)(H,52,61)(H,53,73)(H,54,72)(H,55,70)(H,56,69)(H,57,60)(H,58,71)(H,62,63)(H,64,65)(H,66,67)(H,74,75)(H4,47,48,49)/t21-,22+,26-,27-,28-,29-,30-,36-,37-/m0/s1. The van der Waals surface area contributed by atoms with Gasteiger partial charge in [-0.05, 0) is 50.2 Å². The Morgan fingerprint density at radius 2 is 1.17 bits per heavy atom. The number of amides is 8. The summed E-state index contributed by atoms with van der Waals surface area (Å²) >= 11 is 0. The van der Waals surface area contributed by atoms with Crippen molar-refractivity contribution in [3.8, 4) is 0 Å². The van der Waals surface area contributed by atoms with E-state index in [0.29, 0.717) is 16.5 Å². The first kappa shape index (κ1) is 62.7. The molecule has 75 heavy (non-hydrogen) atoms. The van der Waals surface area contributed by atoms with E-state index in [4.69, 9.17) is 22.3 Å². The molecule has 0 radical (unpaired) electrons. The molecule has 0 aliphatic rings. The summed E-state index contributed by atoms with van der Waals surface area (Å²) in [6.45, 7) is 2.85. The summed E-state index contributed by atoms with van der Waals surface area (Å²) in [6.07, 6.45) is -3.74. The van der Waals surface area contributed by atoms with Crippen molar-refractivity contribution in [3.63, 3.8) is 0 Å². The quantitative estimate of drug-likeness (QED) is 0.0177. The fourth-order valence-corrected chi connectivity index (χ4v) is 7.14. The number of hydrogen-bond donors (Lipinski definition) is 17. The number of carbonyl (C=O) groups is 12. The maximum Gasteiger partial charge on any atom is 0.326 e. The molecule has 0 saturated heterocycles. The van der Waals surface area contributed by atoms with Crippen LogP contribution in [0.1, 0.15) is 77.7 Å². The zero-order chi connectivity index (χ0) is 56.5. The number of carboxylic acid groups (broad SMARTS) is 4. The number of aliphatic carboxylic acids is 4. The van der Waals surface area contributed by atoms with Gasteiger partial charge in [0, 0.05) is 42.9 Å². The number of carboxylic acids is 4. The van der Waals surface area contributed by atoms with Crippen LogP contribution >= 0.6 is 0 Å². The van der Waals surface area contributed by atoms with Crippen molar-refractivity contribution in [2.24, 2.45) is 28.1 Å². The largest absolute Gasteiger partial charge is 0.481 e. The molecule has 0 saturated carbocycles. The monoisotopic (exact) mass is 1060 g/mol. The molecular weight excluding hydrogens is 995 g/mol. The number of para-hydroxylation sites is 1. The summed E-state index contributed by atoms with van der Waals surface area (Å²) in [7, 11) is 0. The van der Waals surface area contributed by atoms with Crippen LogP contribution < -0.4 is 59.7 Å². The third-order valence-corrected chi connectivity index (χ3v) is 11.4. The summed E-state index contributed by atoms with van der Waals surface area (Å²) in [6, 6.07) is -4.83. The van der Waals surface area contributed by atoms with E-state index in [1.807, 2.05) is 0 Å². The maximum atomic E-state index is 14.5. The lowest BCUT2D eigenvalue weighted by atomic mass is 9.96. The first-order chi connectivity index (χ1) is 35.3. The van der Waals surface area contributed by atoms with Crippen molar-refractivity contribution in [2.75, 3.05) is 19.6 Å². The number of nitrogens with one attached hydrogen (secondary N) is 9. The fraction of sp³-hybridized carbons (Fsp3) is 0.533. The van der Waals surface area contributed by atoms with Crippen LogP contribution in [0, 0.1) is 5.92 Å². The number of aromatic amines is 1. The Balaban J connectivity index is 2.52. The van der Waals surface area contributed by atoms with Crippen molar-refractivity contribution >= 4 is 88.0 Å². The van der Waals surface area contributed by atoms with Crippen LogP contribution in [0.5, 0.6) is 0 Å². The number of aliphatic imine (C=N–C) groups is 1. The number of aliphatic hydroxyl groups excluding tert-OH is 1. The lowest BCUT2D eigenvalue weighted by molar-refractivity contribution is -0.143. The first-order valence-electron chi connectivity index (χ1n) is 23.5.